The van der Waals surface area contributed by atoms with E-state index in [9.17, 15) is 0 Å². The van der Waals surface area contributed by atoms with E-state index in [-0.39, 0.29) is 0 Å². The molecule has 2 unspecified atom stereocenters. The second-order valence-electron chi connectivity index (χ2n) is 6.87. The van der Waals surface area contributed by atoms with Gasteiger partial charge in [-0.1, -0.05) is 20.8 Å². The van der Waals surface area contributed by atoms with E-state index >= 15 is 0 Å². The number of nitrogens with one attached hydrogen (secondary N) is 1. The first-order valence-electron chi connectivity index (χ1n) is 7.52. The average Bonchev–Trinajstić information content (AvgIpc) is 3.03. The lowest BCUT2D eigenvalue weighted by molar-refractivity contribution is 0.105. The van der Waals surface area contributed by atoms with Crippen LogP contribution in [-0.2, 0) is 0 Å². The third-order valence-electron chi connectivity index (χ3n) is 4.78. The highest BCUT2D eigenvalue weighted by molar-refractivity contribution is 4.97. The normalized spacial score (nSPS) is 33.0. The van der Waals surface area contributed by atoms with Crippen LogP contribution in [0.25, 0.3) is 0 Å². The molecule has 1 N–H and O–H groups in total. The van der Waals surface area contributed by atoms with Crippen molar-refractivity contribution in [3.63, 3.8) is 0 Å². The molecule has 1 saturated heterocycles. The van der Waals surface area contributed by atoms with Gasteiger partial charge >= 0.3 is 0 Å². The molecule has 100 valence electrons. The summed E-state index contributed by atoms with van der Waals surface area (Å²) in [6.07, 6.45) is 5.63. The van der Waals surface area contributed by atoms with Gasteiger partial charge in [-0.3, -0.25) is 4.90 Å². The summed E-state index contributed by atoms with van der Waals surface area (Å²) in [6, 6.07) is 1.45. The van der Waals surface area contributed by atoms with Crippen LogP contribution in [0.15, 0.2) is 0 Å². The molecule has 0 spiro atoms. The quantitative estimate of drug-likeness (QED) is 0.792. The Morgan fingerprint density at radius 3 is 2.59 bits per heavy atom. The van der Waals surface area contributed by atoms with Crippen molar-refractivity contribution >= 4 is 0 Å². The zero-order chi connectivity index (χ0) is 12.5. The number of nitrogens with zero attached hydrogens (tertiary/aromatic N) is 1. The Labute approximate surface area is 107 Å². The van der Waals surface area contributed by atoms with E-state index in [2.05, 4.69) is 37.9 Å². The molecule has 0 bridgehead atoms. The molecule has 2 atom stereocenters. The summed E-state index contributed by atoms with van der Waals surface area (Å²) in [5.74, 6) is 0.809. The minimum Gasteiger partial charge on any atom is -0.311 e. The summed E-state index contributed by atoms with van der Waals surface area (Å²) in [5.41, 5.74) is 0.702. The Morgan fingerprint density at radius 2 is 2.06 bits per heavy atom. The van der Waals surface area contributed by atoms with E-state index in [4.69, 9.17) is 0 Å². The van der Waals surface area contributed by atoms with Crippen molar-refractivity contribution in [2.75, 3.05) is 19.6 Å². The van der Waals surface area contributed by atoms with Gasteiger partial charge in [0.05, 0.1) is 0 Å². The topological polar surface area (TPSA) is 15.3 Å². The Morgan fingerprint density at radius 1 is 1.35 bits per heavy atom. The smallest absolute Gasteiger partial charge is 0.0198 e. The predicted molar refractivity (Wildman–Crippen MR) is 74.2 cm³/mol. The van der Waals surface area contributed by atoms with Crippen molar-refractivity contribution < 1.29 is 0 Å². The van der Waals surface area contributed by atoms with Gasteiger partial charge in [0.2, 0.25) is 0 Å². The molecule has 0 aromatic heterocycles. The summed E-state index contributed by atoms with van der Waals surface area (Å²) < 4.78 is 0. The van der Waals surface area contributed by atoms with Gasteiger partial charge in [0.15, 0.2) is 0 Å². The van der Waals surface area contributed by atoms with Crippen LogP contribution in [-0.4, -0.2) is 36.6 Å². The summed E-state index contributed by atoms with van der Waals surface area (Å²) in [5, 5.41) is 3.71. The Balaban J connectivity index is 1.86. The lowest BCUT2D eigenvalue weighted by Gasteiger charge is -2.41. The first kappa shape index (κ1) is 13.4. The standard InChI is InChI=1S/C15H30N2/c1-5-15(6-7-15)11-17-10-14(8-12(2)3)16-9-13(17)4/h12-14,16H,5-11H2,1-4H3. The fourth-order valence-corrected chi connectivity index (χ4v) is 3.17. The van der Waals surface area contributed by atoms with Gasteiger partial charge in [0, 0.05) is 31.7 Å². The maximum atomic E-state index is 3.71. The van der Waals surface area contributed by atoms with E-state index < -0.39 is 0 Å². The monoisotopic (exact) mass is 238 g/mol. The minimum absolute atomic E-state index is 0.702. The molecule has 0 amide bonds. The maximum absolute atomic E-state index is 3.71. The average molecular weight is 238 g/mol. The van der Waals surface area contributed by atoms with Gasteiger partial charge in [-0.25, -0.2) is 0 Å². The van der Waals surface area contributed by atoms with E-state index in [0.29, 0.717) is 5.41 Å². The summed E-state index contributed by atoms with van der Waals surface area (Å²) in [6.45, 7) is 13.2. The van der Waals surface area contributed by atoms with E-state index in [1.54, 1.807) is 0 Å². The zero-order valence-corrected chi connectivity index (χ0v) is 12.1. The molecule has 2 heteroatoms. The molecule has 0 radical (unpaired) electrons. The molecule has 2 rings (SSSR count). The highest BCUT2D eigenvalue weighted by atomic mass is 15.2. The highest BCUT2D eigenvalue weighted by Gasteiger charge is 2.43. The van der Waals surface area contributed by atoms with Gasteiger partial charge in [-0.2, -0.15) is 0 Å². The molecule has 1 aliphatic heterocycles. The van der Waals surface area contributed by atoms with Crippen LogP contribution in [0.3, 0.4) is 0 Å². The highest BCUT2D eigenvalue weighted by Crippen LogP contribution is 2.49. The molecule has 1 saturated carbocycles. The molecular formula is C15H30N2. The maximum Gasteiger partial charge on any atom is 0.0198 e. The molecule has 17 heavy (non-hydrogen) atoms. The number of piperazine rings is 1. The fraction of sp³-hybridized carbons (Fsp3) is 1.00. The lowest BCUT2D eigenvalue weighted by atomic mass is 9.97. The molecule has 1 aliphatic carbocycles. The van der Waals surface area contributed by atoms with E-state index in [1.165, 1.54) is 45.3 Å². The van der Waals surface area contributed by atoms with Crippen molar-refractivity contribution in [1.82, 2.24) is 10.2 Å². The second kappa shape index (κ2) is 5.27. The fourth-order valence-electron chi connectivity index (χ4n) is 3.17. The number of rotatable bonds is 5. The summed E-state index contributed by atoms with van der Waals surface area (Å²) >= 11 is 0. The van der Waals surface area contributed by atoms with Crippen LogP contribution in [0.1, 0.15) is 53.4 Å². The van der Waals surface area contributed by atoms with Crippen molar-refractivity contribution in [1.29, 1.82) is 0 Å². The van der Waals surface area contributed by atoms with Gasteiger partial charge < -0.3 is 5.32 Å². The molecule has 2 aliphatic rings. The van der Waals surface area contributed by atoms with E-state index in [1.807, 2.05) is 0 Å². The van der Waals surface area contributed by atoms with Gasteiger partial charge in [0.1, 0.15) is 0 Å². The van der Waals surface area contributed by atoms with Gasteiger partial charge in [-0.05, 0) is 43.9 Å². The van der Waals surface area contributed by atoms with Crippen molar-refractivity contribution in [3.05, 3.63) is 0 Å². The van der Waals surface area contributed by atoms with Crippen LogP contribution in [0, 0.1) is 11.3 Å². The van der Waals surface area contributed by atoms with Crippen LogP contribution in [0.2, 0.25) is 0 Å². The molecule has 0 aromatic carbocycles. The number of hydrogen-bond donors (Lipinski definition) is 1. The Hall–Kier alpha value is -0.0800. The van der Waals surface area contributed by atoms with Crippen LogP contribution in [0.4, 0.5) is 0 Å². The van der Waals surface area contributed by atoms with Crippen molar-refractivity contribution in [2.45, 2.75) is 65.5 Å². The molecule has 0 aromatic rings. The zero-order valence-electron chi connectivity index (χ0n) is 12.1. The molecule has 2 nitrogen and oxygen atoms in total. The minimum atomic E-state index is 0.702. The van der Waals surface area contributed by atoms with Crippen molar-refractivity contribution in [2.24, 2.45) is 11.3 Å². The van der Waals surface area contributed by atoms with Crippen LogP contribution >= 0.6 is 0 Å². The molecular weight excluding hydrogens is 208 g/mol. The number of hydrogen-bond acceptors (Lipinski definition) is 2. The largest absolute Gasteiger partial charge is 0.311 e. The third-order valence-corrected chi connectivity index (χ3v) is 4.78. The van der Waals surface area contributed by atoms with Crippen LogP contribution in [0.5, 0.6) is 0 Å². The lowest BCUT2D eigenvalue weighted by Crippen LogP contribution is -2.56. The Bertz CT molecular complexity index is 245. The molecule has 2 fully saturated rings. The summed E-state index contributed by atoms with van der Waals surface area (Å²) in [7, 11) is 0. The summed E-state index contributed by atoms with van der Waals surface area (Å²) in [4.78, 5) is 2.75. The van der Waals surface area contributed by atoms with Gasteiger partial charge in [-0.15, -0.1) is 0 Å². The predicted octanol–water partition coefficient (Wildman–Crippen LogP) is 2.89. The Kier molecular flexibility index (Phi) is 4.14. The second-order valence-corrected chi connectivity index (χ2v) is 6.87. The van der Waals surface area contributed by atoms with Crippen LogP contribution < -0.4 is 5.32 Å². The first-order valence-corrected chi connectivity index (χ1v) is 7.52. The SMILES string of the molecule is CCC1(CN2CC(CC(C)C)NCC2C)CC1. The van der Waals surface area contributed by atoms with E-state index in [0.717, 1.165) is 18.0 Å². The van der Waals surface area contributed by atoms with Gasteiger partial charge in [0.25, 0.3) is 0 Å². The first-order chi connectivity index (χ1) is 8.04. The molecule has 1 heterocycles. The third kappa shape index (κ3) is 3.45. The van der Waals surface area contributed by atoms with Crippen molar-refractivity contribution in [3.8, 4) is 0 Å².